The summed E-state index contributed by atoms with van der Waals surface area (Å²) in [4.78, 5) is 18.9. The normalized spacial score (nSPS) is 10.0. The molecule has 1 aromatic rings. The number of rotatable bonds is 4. The smallest absolute Gasteiger partial charge is 0.241 e. The number of likely N-dealkylation sites (N-methyl/N-ethyl adjacent to an activating group) is 2. The highest BCUT2D eigenvalue weighted by Crippen LogP contribution is 2.15. The first kappa shape index (κ1) is 12.4. The van der Waals surface area contributed by atoms with Gasteiger partial charge in [-0.15, -0.1) is 0 Å². The number of carbonyl (C=O) groups is 1. The Bertz CT molecular complexity index is 366. The van der Waals surface area contributed by atoms with Crippen molar-refractivity contribution >= 4 is 11.7 Å². The molecule has 0 spiro atoms. The predicted molar refractivity (Wildman–Crippen MR) is 62.1 cm³/mol. The van der Waals surface area contributed by atoms with Crippen LogP contribution in [0.4, 0.5) is 5.82 Å². The van der Waals surface area contributed by atoms with Crippen LogP contribution >= 0.6 is 0 Å². The van der Waals surface area contributed by atoms with Crippen molar-refractivity contribution in [1.29, 1.82) is 0 Å². The zero-order valence-corrected chi connectivity index (χ0v) is 9.84. The Morgan fingerprint density at radius 1 is 1.44 bits per heavy atom. The number of pyridine rings is 1. The fourth-order valence-corrected chi connectivity index (χ4v) is 1.32. The third-order valence-corrected chi connectivity index (χ3v) is 2.27. The summed E-state index contributed by atoms with van der Waals surface area (Å²) in [5, 5.41) is 9.15. The molecule has 0 radical (unpaired) electrons. The van der Waals surface area contributed by atoms with Crippen LogP contribution in [0.5, 0.6) is 0 Å². The summed E-state index contributed by atoms with van der Waals surface area (Å²) in [5.41, 5.74) is 0.719. The lowest BCUT2D eigenvalue weighted by atomic mass is 10.2. The van der Waals surface area contributed by atoms with E-state index in [9.17, 15) is 4.79 Å². The van der Waals surface area contributed by atoms with Gasteiger partial charge >= 0.3 is 0 Å². The number of aliphatic hydroxyl groups excluding tert-OH is 1. The van der Waals surface area contributed by atoms with Crippen LogP contribution in [0.25, 0.3) is 0 Å². The largest absolute Gasteiger partial charge is 0.392 e. The van der Waals surface area contributed by atoms with E-state index < -0.39 is 0 Å². The summed E-state index contributed by atoms with van der Waals surface area (Å²) in [7, 11) is 5.20. The lowest BCUT2D eigenvalue weighted by Crippen LogP contribution is -2.35. The van der Waals surface area contributed by atoms with E-state index in [0.29, 0.717) is 5.82 Å². The second-order valence-electron chi connectivity index (χ2n) is 3.79. The van der Waals surface area contributed by atoms with Gasteiger partial charge in [0.2, 0.25) is 5.91 Å². The fraction of sp³-hybridized carbons (Fsp3) is 0.455. The molecule has 0 fully saturated rings. The second kappa shape index (κ2) is 5.46. The minimum absolute atomic E-state index is 0.00274. The molecule has 0 saturated heterocycles. The van der Waals surface area contributed by atoms with Gasteiger partial charge in [-0.3, -0.25) is 4.79 Å². The van der Waals surface area contributed by atoms with Crippen molar-refractivity contribution in [3.8, 4) is 0 Å². The van der Waals surface area contributed by atoms with E-state index in [2.05, 4.69) is 4.98 Å². The van der Waals surface area contributed by atoms with E-state index in [1.165, 1.54) is 4.90 Å². The first-order chi connectivity index (χ1) is 7.56. The van der Waals surface area contributed by atoms with E-state index in [1.807, 2.05) is 0 Å². The quantitative estimate of drug-likeness (QED) is 0.786. The van der Waals surface area contributed by atoms with Crippen LogP contribution in [0, 0.1) is 0 Å². The van der Waals surface area contributed by atoms with Crippen LogP contribution < -0.4 is 4.90 Å². The van der Waals surface area contributed by atoms with Crippen molar-refractivity contribution in [2.75, 3.05) is 32.6 Å². The minimum atomic E-state index is -0.0797. The number of aromatic nitrogens is 1. The first-order valence-electron chi connectivity index (χ1n) is 5.02. The standard InChI is InChI=1S/C11H17N3O2/c1-13(2)10(16)7-14(3)11-9(8-15)5-4-6-12-11/h4-6,15H,7-8H2,1-3H3. The van der Waals surface area contributed by atoms with E-state index in [1.54, 1.807) is 44.4 Å². The zero-order chi connectivity index (χ0) is 12.1. The van der Waals surface area contributed by atoms with Gasteiger partial charge in [0.1, 0.15) is 5.82 Å². The third-order valence-electron chi connectivity index (χ3n) is 2.27. The van der Waals surface area contributed by atoms with Crippen LogP contribution in [-0.2, 0) is 11.4 Å². The highest BCUT2D eigenvalue weighted by molar-refractivity contribution is 5.80. The molecule has 0 bridgehead atoms. The molecule has 5 heteroatoms. The Hall–Kier alpha value is -1.62. The van der Waals surface area contributed by atoms with Crippen molar-refractivity contribution < 1.29 is 9.90 Å². The lowest BCUT2D eigenvalue weighted by molar-refractivity contribution is -0.127. The van der Waals surface area contributed by atoms with Gasteiger partial charge in [-0.2, -0.15) is 0 Å². The van der Waals surface area contributed by atoms with E-state index in [-0.39, 0.29) is 19.1 Å². The molecule has 0 aliphatic carbocycles. The van der Waals surface area contributed by atoms with Crippen molar-refractivity contribution in [2.24, 2.45) is 0 Å². The molecule has 0 aromatic carbocycles. The van der Waals surface area contributed by atoms with Crippen LogP contribution in [0.3, 0.4) is 0 Å². The Morgan fingerprint density at radius 2 is 2.12 bits per heavy atom. The molecular formula is C11H17N3O2. The van der Waals surface area contributed by atoms with E-state index >= 15 is 0 Å². The molecule has 1 N–H and O–H groups in total. The third kappa shape index (κ3) is 2.93. The maximum atomic E-state index is 11.5. The molecule has 16 heavy (non-hydrogen) atoms. The number of nitrogens with zero attached hydrogens (tertiary/aromatic N) is 3. The van der Waals surface area contributed by atoms with Gasteiger partial charge in [0.25, 0.3) is 0 Å². The number of carbonyl (C=O) groups excluding carboxylic acids is 1. The molecule has 5 nitrogen and oxygen atoms in total. The van der Waals surface area contributed by atoms with Crippen LogP contribution in [0.2, 0.25) is 0 Å². The molecule has 1 aromatic heterocycles. The van der Waals surface area contributed by atoms with Crippen molar-refractivity contribution in [1.82, 2.24) is 9.88 Å². The molecule has 0 saturated carbocycles. The fourth-order valence-electron chi connectivity index (χ4n) is 1.32. The van der Waals surface area contributed by atoms with Crippen molar-refractivity contribution in [3.05, 3.63) is 23.9 Å². The summed E-state index contributed by atoms with van der Waals surface area (Å²) >= 11 is 0. The number of hydrogen-bond donors (Lipinski definition) is 1. The highest BCUT2D eigenvalue weighted by atomic mass is 16.3. The topological polar surface area (TPSA) is 56.7 Å². The van der Waals surface area contributed by atoms with Crippen LogP contribution in [0.1, 0.15) is 5.56 Å². The molecule has 1 amide bonds. The van der Waals surface area contributed by atoms with Crippen molar-refractivity contribution in [2.45, 2.75) is 6.61 Å². The summed E-state index contributed by atoms with van der Waals surface area (Å²) in [6.45, 7) is 0.167. The second-order valence-corrected chi connectivity index (χ2v) is 3.79. The average molecular weight is 223 g/mol. The summed E-state index contributed by atoms with van der Waals surface area (Å²) in [6, 6.07) is 3.55. The average Bonchev–Trinajstić information content (AvgIpc) is 2.28. The van der Waals surface area contributed by atoms with Gasteiger partial charge in [0, 0.05) is 32.9 Å². The van der Waals surface area contributed by atoms with Crippen LogP contribution in [0.15, 0.2) is 18.3 Å². The lowest BCUT2D eigenvalue weighted by Gasteiger charge is -2.21. The first-order valence-corrected chi connectivity index (χ1v) is 5.02. The summed E-state index contributed by atoms with van der Waals surface area (Å²) in [6.07, 6.45) is 1.64. The van der Waals surface area contributed by atoms with Crippen LogP contribution in [-0.4, -0.2) is 48.6 Å². The number of amides is 1. The Morgan fingerprint density at radius 3 is 2.69 bits per heavy atom. The monoisotopic (exact) mass is 223 g/mol. The molecule has 1 rings (SSSR count). The molecule has 1 heterocycles. The van der Waals surface area contributed by atoms with E-state index in [0.717, 1.165) is 5.56 Å². The molecule has 0 aliphatic rings. The predicted octanol–water partition coefficient (Wildman–Crippen LogP) is 0.0983. The molecule has 0 aliphatic heterocycles. The SMILES string of the molecule is CN(C)C(=O)CN(C)c1ncccc1CO. The van der Waals surface area contributed by atoms with Gasteiger partial charge in [0.05, 0.1) is 13.2 Å². The minimum Gasteiger partial charge on any atom is -0.392 e. The molecule has 88 valence electrons. The molecule has 0 atom stereocenters. The van der Waals surface area contributed by atoms with Gasteiger partial charge < -0.3 is 14.9 Å². The van der Waals surface area contributed by atoms with Gasteiger partial charge in [-0.25, -0.2) is 4.98 Å². The number of anilines is 1. The number of hydrogen-bond acceptors (Lipinski definition) is 4. The Balaban J connectivity index is 2.80. The van der Waals surface area contributed by atoms with Crippen molar-refractivity contribution in [3.63, 3.8) is 0 Å². The maximum Gasteiger partial charge on any atom is 0.241 e. The summed E-state index contributed by atoms with van der Waals surface area (Å²) in [5.74, 6) is 0.636. The van der Waals surface area contributed by atoms with Gasteiger partial charge in [0.15, 0.2) is 0 Å². The van der Waals surface area contributed by atoms with E-state index in [4.69, 9.17) is 5.11 Å². The summed E-state index contributed by atoms with van der Waals surface area (Å²) < 4.78 is 0. The van der Waals surface area contributed by atoms with Gasteiger partial charge in [-0.1, -0.05) is 6.07 Å². The van der Waals surface area contributed by atoms with Gasteiger partial charge in [-0.05, 0) is 6.07 Å². The highest BCUT2D eigenvalue weighted by Gasteiger charge is 2.12. The maximum absolute atomic E-state index is 11.5. The molecular weight excluding hydrogens is 206 g/mol. The number of aliphatic hydroxyl groups is 1. The molecule has 0 unspecified atom stereocenters. The Kier molecular flexibility index (Phi) is 4.25. The Labute approximate surface area is 95.3 Å². The zero-order valence-electron chi connectivity index (χ0n) is 9.84.